The van der Waals surface area contributed by atoms with Crippen molar-refractivity contribution in [1.82, 2.24) is 24.2 Å². The van der Waals surface area contributed by atoms with Crippen LogP contribution in [0.2, 0.25) is 0 Å². The first-order valence-electron chi connectivity index (χ1n) is 9.12. The minimum atomic E-state index is -5.17. The van der Waals surface area contributed by atoms with Crippen LogP contribution in [0.15, 0.2) is 33.8 Å². The van der Waals surface area contributed by atoms with Gasteiger partial charge in [-0.15, -0.1) is 5.10 Å². The largest absolute Gasteiger partial charge is 0.490 e. The Labute approximate surface area is 189 Å². The average Bonchev–Trinajstić information content (AvgIpc) is 3.12. The molecule has 1 aliphatic rings. The standard InChI is InChI=1S/C17H18BrF4N5O4S/c1-25(2)15(31-16(28)17(20,21)22)14-9-26(24-23-14)8-10-5-6-27(10)32(29,30)11-3-4-13(19)12(18)7-11/h3-4,7,9-10,15H,5-6,8H2,1-2H3. The Morgan fingerprint density at radius 2 is 2.06 bits per heavy atom. The van der Waals surface area contributed by atoms with Crippen LogP contribution in [0.25, 0.3) is 0 Å². The smallest absolute Gasteiger partial charge is 0.434 e. The molecule has 3 rings (SSSR count). The van der Waals surface area contributed by atoms with Crippen LogP contribution >= 0.6 is 15.9 Å². The minimum absolute atomic E-state index is 0.0136. The van der Waals surface area contributed by atoms with Crippen LogP contribution in [0.5, 0.6) is 0 Å². The van der Waals surface area contributed by atoms with Gasteiger partial charge in [0.25, 0.3) is 0 Å². The molecule has 0 N–H and O–H groups in total. The second-order valence-corrected chi connectivity index (χ2v) is 9.96. The molecule has 176 valence electrons. The lowest BCUT2D eigenvalue weighted by molar-refractivity contribution is -0.212. The highest BCUT2D eigenvalue weighted by molar-refractivity contribution is 9.10. The van der Waals surface area contributed by atoms with Crippen LogP contribution in [0.4, 0.5) is 17.6 Å². The highest BCUT2D eigenvalue weighted by Gasteiger charge is 2.43. The number of hydrogen-bond acceptors (Lipinski definition) is 7. The Kier molecular flexibility index (Phi) is 6.93. The number of benzene rings is 1. The second-order valence-electron chi connectivity index (χ2n) is 7.22. The summed E-state index contributed by atoms with van der Waals surface area (Å²) in [7, 11) is -1.10. The fourth-order valence-electron chi connectivity index (χ4n) is 3.02. The van der Waals surface area contributed by atoms with Gasteiger partial charge in [-0.05, 0) is 54.6 Å². The summed E-state index contributed by atoms with van der Waals surface area (Å²) in [4.78, 5) is 12.3. The first-order valence-corrected chi connectivity index (χ1v) is 11.3. The number of halogens is 5. The number of sulfonamides is 1. The Morgan fingerprint density at radius 3 is 2.59 bits per heavy atom. The average molecular weight is 544 g/mol. The maximum atomic E-state index is 13.4. The summed E-state index contributed by atoms with van der Waals surface area (Å²) in [5.41, 5.74) is -0.0520. The van der Waals surface area contributed by atoms with Crippen LogP contribution in [-0.2, 0) is 26.1 Å². The van der Waals surface area contributed by atoms with Gasteiger partial charge in [-0.3, -0.25) is 9.58 Å². The molecular weight excluding hydrogens is 526 g/mol. The lowest BCUT2D eigenvalue weighted by Gasteiger charge is -2.39. The van der Waals surface area contributed by atoms with Gasteiger partial charge in [0.1, 0.15) is 11.5 Å². The molecule has 1 fully saturated rings. The van der Waals surface area contributed by atoms with E-state index in [1.54, 1.807) is 0 Å². The van der Waals surface area contributed by atoms with Gasteiger partial charge in [-0.25, -0.2) is 17.6 Å². The molecule has 1 aromatic carbocycles. The zero-order valence-electron chi connectivity index (χ0n) is 16.8. The summed E-state index contributed by atoms with van der Waals surface area (Å²) in [6, 6.07) is 2.88. The Morgan fingerprint density at radius 1 is 1.38 bits per heavy atom. The first-order chi connectivity index (χ1) is 14.8. The molecule has 1 aromatic heterocycles. The van der Waals surface area contributed by atoms with Gasteiger partial charge in [-0.2, -0.15) is 17.5 Å². The zero-order chi connectivity index (χ0) is 23.8. The molecule has 1 saturated heterocycles. The number of hydrogen-bond donors (Lipinski definition) is 0. The van der Waals surface area contributed by atoms with Crippen molar-refractivity contribution in [2.75, 3.05) is 20.6 Å². The van der Waals surface area contributed by atoms with E-state index in [-0.39, 0.29) is 28.2 Å². The zero-order valence-corrected chi connectivity index (χ0v) is 19.2. The normalized spacial score (nSPS) is 18.4. The van der Waals surface area contributed by atoms with E-state index in [0.717, 1.165) is 12.1 Å². The van der Waals surface area contributed by atoms with Crippen LogP contribution in [0.3, 0.4) is 0 Å². The lowest BCUT2D eigenvalue weighted by Crippen LogP contribution is -2.52. The summed E-state index contributed by atoms with van der Waals surface area (Å²) in [6.45, 7) is 0.315. The van der Waals surface area contributed by atoms with Crippen molar-refractivity contribution < 1.29 is 35.5 Å². The molecule has 15 heteroatoms. The molecule has 0 radical (unpaired) electrons. The van der Waals surface area contributed by atoms with Gasteiger partial charge in [0.15, 0.2) is 0 Å². The van der Waals surface area contributed by atoms with Crippen molar-refractivity contribution in [3.63, 3.8) is 0 Å². The van der Waals surface area contributed by atoms with E-state index in [0.29, 0.717) is 6.42 Å². The van der Waals surface area contributed by atoms with E-state index in [9.17, 15) is 30.8 Å². The number of carbonyl (C=O) groups excluding carboxylic acids is 1. The van der Waals surface area contributed by atoms with E-state index >= 15 is 0 Å². The van der Waals surface area contributed by atoms with Crippen LogP contribution in [-0.4, -0.2) is 71.4 Å². The molecular formula is C17H18BrF4N5O4S. The summed E-state index contributed by atoms with van der Waals surface area (Å²) in [5.74, 6) is -2.96. The molecule has 0 aliphatic carbocycles. The van der Waals surface area contributed by atoms with Crippen LogP contribution in [0.1, 0.15) is 18.3 Å². The van der Waals surface area contributed by atoms with Crippen molar-refractivity contribution >= 4 is 31.9 Å². The molecule has 0 saturated carbocycles. The second kappa shape index (κ2) is 9.03. The number of ether oxygens (including phenoxy) is 1. The third-order valence-electron chi connectivity index (χ3n) is 4.71. The van der Waals surface area contributed by atoms with E-state index < -0.39 is 40.3 Å². The summed E-state index contributed by atoms with van der Waals surface area (Å²) < 4.78 is 83.8. The summed E-state index contributed by atoms with van der Waals surface area (Å²) in [6.07, 6.45) is -4.81. The fourth-order valence-corrected chi connectivity index (χ4v) is 5.24. The topological polar surface area (TPSA) is 97.6 Å². The van der Waals surface area contributed by atoms with Gasteiger partial charge < -0.3 is 4.74 Å². The number of nitrogens with zero attached hydrogens (tertiary/aromatic N) is 5. The van der Waals surface area contributed by atoms with E-state index in [1.807, 2.05) is 0 Å². The third kappa shape index (κ3) is 5.10. The third-order valence-corrected chi connectivity index (χ3v) is 7.27. The van der Waals surface area contributed by atoms with Crippen LogP contribution in [0, 0.1) is 5.82 Å². The van der Waals surface area contributed by atoms with Gasteiger partial charge >= 0.3 is 12.1 Å². The molecule has 0 spiro atoms. The number of carbonyl (C=O) groups is 1. The predicted octanol–water partition coefficient (Wildman–Crippen LogP) is 2.31. The summed E-state index contributed by atoms with van der Waals surface area (Å²) in [5, 5.41) is 7.58. The quantitative estimate of drug-likeness (QED) is 0.300. The van der Waals surface area contributed by atoms with Crippen molar-refractivity contribution in [2.24, 2.45) is 0 Å². The van der Waals surface area contributed by atoms with Crippen molar-refractivity contribution in [1.29, 1.82) is 0 Å². The Hall–Kier alpha value is -2.10. The number of alkyl halides is 3. The Bertz CT molecular complexity index is 1110. The molecule has 2 unspecified atom stereocenters. The van der Waals surface area contributed by atoms with E-state index in [2.05, 4.69) is 31.0 Å². The highest BCUT2D eigenvalue weighted by Crippen LogP contribution is 2.30. The van der Waals surface area contributed by atoms with Crippen LogP contribution < -0.4 is 0 Å². The molecule has 1 aliphatic heterocycles. The molecule has 2 atom stereocenters. The van der Waals surface area contributed by atoms with Gasteiger partial charge in [0.2, 0.25) is 16.3 Å². The number of esters is 1. The molecule has 0 bridgehead atoms. The van der Waals surface area contributed by atoms with Crippen molar-refractivity contribution in [2.45, 2.75) is 36.3 Å². The van der Waals surface area contributed by atoms with E-state index in [1.165, 1.54) is 40.2 Å². The molecule has 32 heavy (non-hydrogen) atoms. The van der Waals surface area contributed by atoms with Gasteiger partial charge in [0.05, 0.1) is 22.1 Å². The molecule has 0 amide bonds. The molecule has 2 aromatic rings. The molecule has 2 heterocycles. The van der Waals surface area contributed by atoms with E-state index in [4.69, 9.17) is 0 Å². The first kappa shape index (κ1) is 24.5. The van der Waals surface area contributed by atoms with Crippen molar-refractivity contribution in [3.05, 3.63) is 40.4 Å². The number of rotatable bonds is 7. The lowest BCUT2D eigenvalue weighted by atomic mass is 10.1. The highest BCUT2D eigenvalue weighted by atomic mass is 79.9. The molecule has 9 nitrogen and oxygen atoms in total. The predicted molar refractivity (Wildman–Crippen MR) is 105 cm³/mol. The Balaban J connectivity index is 1.73. The maximum absolute atomic E-state index is 13.4. The van der Waals surface area contributed by atoms with Gasteiger partial charge in [-0.1, -0.05) is 5.21 Å². The monoisotopic (exact) mass is 543 g/mol. The van der Waals surface area contributed by atoms with Gasteiger partial charge in [0, 0.05) is 12.6 Å². The fraction of sp³-hybridized carbons (Fsp3) is 0.471. The SMILES string of the molecule is CN(C)C(OC(=O)C(F)(F)F)c1cn(CC2CCN2S(=O)(=O)c2ccc(F)c(Br)c2)nn1. The summed E-state index contributed by atoms with van der Waals surface area (Å²) >= 11 is 2.96. The van der Waals surface area contributed by atoms with Crippen molar-refractivity contribution in [3.8, 4) is 0 Å². The number of aromatic nitrogens is 3. The maximum Gasteiger partial charge on any atom is 0.490 e. The minimum Gasteiger partial charge on any atom is -0.434 e.